The van der Waals surface area contributed by atoms with Gasteiger partial charge in [0.15, 0.2) is 0 Å². The smallest absolute Gasteiger partial charge is 0.323 e. The van der Waals surface area contributed by atoms with E-state index in [0.29, 0.717) is 12.1 Å². The van der Waals surface area contributed by atoms with Crippen LogP contribution in [0.2, 0.25) is 0 Å². The third-order valence-electron chi connectivity index (χ3n) is 3.20. The first-order valence-corrected chi connectivity index (χ1v) is 7.23. The van der Waals surface area contributed by atoms with E-state index in [4.69, 9.17) is 5.11 Å². The lowest BCUT2D eigenvalue weighted by molar-refractivity contribution is -0.137. The molecule has 0 aliphatic carbocycles. The highest BCUT2D eigenvalue weighted by molar-refractivity contribution is 5.95. The molecule has 0 saturated carbocycles. The van der Waals surface area contributed by atoms with Gasteiger partial charge in [-0.1, -0.05) is 46.8 Å². The first-order chi connectivity index (χ1) is 9.61. The van der Waals surface area contributed by atoms with Crippen LogP contribution in [0.4, 0.5) is 0 Å². The van der Waals surface area contributed by atoms with Gasteiger partial charge in [0.05, 0.1) is 0 Å². The van der Waals surface area contributed by atoms with Crippen molar-refractivity contribution in [2.75, 3.05) is 13.1 Å². The van der Waals surface area contributed by atoms with Crippen LogP contribution < -0.4 is 0 Å². The molecule has 1 aromatic carbocycles. The van der Waals surface area contributed by atoms with Gasteiger partial charge >= 0.3 is 5.97 Å². The van der Waals surface area contributed by atoms with Crippen LogP contribution in [0, 0.1) is 5.92 Å². The molecule has 4 nitrogen and oxygen atoms in total. The van der Waals surface area contributed by atoms with Gasteiger partial charge in [0, 0.05) is 12.1 Å². The van der Waals surface area contributed by atoms with Crippen LogP contribution in [0.3, 0.4) is 0 Å². The minimum atomic E-state index is -0.990. The van der Waals surface area contributed by atoms with Gasteiger partial charge in [-0.3, -0.25) is 9.59 Å². The fraction of sp³-hybridized carbons (Fsp3) is 0.529. The maximum Gasteiger partial charge on any atom is 0.323 e. The number of carboxylic acid groups (broad SMARTS) is 1. The number of carbonyl (C=O) groups is 2. The predicted octanol–water partition coefficient (Wildman–Crippen LogP) is 3.17. The lowest BCUT2D eigenvalue weighted by Crippen LogP contribution is -2.38. The summed E-state index contributed by atoms with van der Waals surface area (Å²) in [5.74, 6) is -0.996. The average molecular weight is 291 g/mol. The van der Waals surface area contributed by atoms with Gasteiger partial charge in [-0.25, -0.2) is 0 Å². The van der Waals surface area contributed by atoms with Crippen molar-refractivity contribution < 1.29 is 14.7 Å². The first kappa shape index (κ1) is 17.2. The molecular formula is C17H25NO3. The molecule has 0 radical (unpaired) electrons. The van der Waals surface area contributed by atoms with Crippen molar-refractivity contribution in [3.8, 4) is 0 Å². The molecular weight excluding hydrogens is 266 g/mol. The van der Waals surface area contributed by atoms with E-state index in [9.17, 15) is 9.59 Å². The van der Waals surface area contributed by atoms with Crippen LogP contribution in [0.25, 0.3) is 0 Å². The van der Waals surface area contributed by atoms with Crippen LogP contribution in [-0.4, -0.2) is 35.0 Å². The van der Waals surface area contributed by atoms with E-state index < -0.39 is 5.97 Å². The summed E-state index contributed by atoms with van der Waals surface area (Å²) < 4.78 is 0. The Hall–Kier alpha value is -1.84. The Balaban J connectivity index is 2.95. The Bertz CT molecular complexity index is 498. The molecule has 0 saturated heterocycles. The first-order valence-electron chi connectivity index (χ1n) is 7.23. The number of aliphatic carboxylic acids is 1. The second kappa shape index (κ2) is 6.74. The van der Waals surface area contributed by atoms with E-state index >= 15 is 0 Å². The van der Waals surface area contributed by atoms with E-state index in [2.05, 4.69) is 20.8 Å². The van der Waals surface area contributed by atoms with Crippen molar-refractivity contribution in [3.05, 3.63) is 35.4 Å². The summed E-state index contributed by atoms with van der Waals surface area (Å²) >= 11 is 0. The summed E-state index contributed by atoms with van der Waals surface area (Å²) in [7, 11) is 0. The van der Waals surface area contributed by atoms with E-state index in [1.807, 2.05) is 26.0 Å². The summed E-state index contributed by atoms with van der Waals surface area (Å²) in [6, 6.07) is 7.42. The zero-order valence-corrected chi connectivity index (χ0v) is 13.5. The molecule has 0 bridgehead atoms. The van der Waals surface area contributed by atoms with Crippen LogP contribution >= 0.6 is 0 Å². The number of hydrogen-bond acceptors (Lipinski definition) is 2. The summed E-state index contributed by atoms with van der Waals surface area (Å²) in [5, 5.41) is 8.95. The molecule has 0 atom stereocenters. The average Bonchev–Trinajstić information content (AvgIpc) is 2.35. The zero-order valence-electron chi connectivity index (χ0n) is 13.5. The molecule has 1 rings (SSSR count). The van der Waals surface area contributed by atoms with Gasteiger partial charge in [-0.05, 0) is 29.0 Å². The van der Waals surface area contributed by atoms with Crippen molar-refractivity contribution in [2.45, 2.75) is 40.0 Å². The standard InChI is InChI=1S/C17H25NO3/c1-12(2)10-18(11-15(19)20)16(21)13-6-8-14(9-7-13)17(3,4)5/h6-9,12H,10-11H2,1-5H3,(H,19,20). The Morgan fingerprint density at radius 2 is 1.67 bits per heavy atom. The van der Waals surface area contributed by atoms with E-state index in [1.54, 1.807) is 12.1 Å². The van der Waals surface area contributed by atoms with E-state index in [-0.39, 0.29) is 23.8 Å². The number of amides is 1. The number of rotatable bonds is 5. The van der Waals surface area contributed by atoms with Crippen molar-refractivity contribution in [3.63, 3.8) is 0 Å². The Morgan fingerprint density at radius 1 is 1.14 bits per heavy atom. The number of benzene rings is 1. The van der Waals surface area contributed by atoms with Gasteiger partial charge in [0.25, 0.3) is 5.91 Å². The van der Waals surface area contributed by atoms with Crippen LogP contribution in [0.15, 0.2) is 24.3 Å². The van der Waals surface area contributed by atoms with Crippen molar-refractivity contribution in [1.82, 2.24) is 4.90 Å². The van der Waals surface area contributed by atoms with Gasteiger partial charge in [0.1, 0.15) is 6.54 Å². The van der Waals surface area contributed by atoms with Gasteiger partial charge in [0.2, 0.25) is 0 Å². The molecule has 4 heteroatoms. The van der Waals surface area contributed by atoms with E-state index in [0.717, 1.165) is 5.56 Å². The number of hydrogen-bond donors (Lipinski definition) is 1. The second-order valence-electron chi connectivity index (χ2n) is 6.80. The molecule has 21 heavy (non-hydrogen) atoms. The molecule has 1 aromatic rings. The highest BCUT2D eigenvalue weighted by Crippen LogP contribution is 2.22. The van der Waals surface area contributed by atoms with Crippen LogP contribution in [-0.2, 0) is 10.2 Å². The van der Waals surface area contributed by atoms with Crippen molar-refractivity contribution in [2.24, 2.45) is 5.92 Å². The van der Waals surface area contributed by atoms with Crippen molar-refractivity contribution >= 4 is 11.9 Å². The minimum Gasteiger partial charge on any atom is -0.480 e. The molecule has 0 aliphatic rings. The summed E-state index contributed by atoms with van der Waals surface area (Å²) in [6.45, 7) is 10.4. The van der Waals surface area contributed by atoms with Gasteiger partial charge in [-0.2, -0.15) is 0 Å². The zero-order chi connectivity index (χ0) is 16.2. The lowest BCUT2D eigenvalue weighted by atomic mass is 9.86. The van der Waals surface area contributed by atoms with Crippen LogP contribution in [0.1, 0.15) is 50.5 Å². The molecule has 1 N–H and O–H groups in total. The molecule has 0 unspecified atom stereocenters. The number of carboxylic acids is 1. The third kappa shape index (κ3) is 5.21. The molecule has 116 valence electrons. The number of carbonyl (C=O) groups excluding carboxylic acids is 1. The lowest BCUT2D eigenvalue weighted by Gasteiger charge is -2.23. The predicted molar refractivity (Wildman–Crippen MR) is 83.5 cm³/mol. The molecule has 0 heterocycles. The topological polar surface area (TPSA) is 57.6 Å². The Kier molecular flexibility index (Phi) is 5.53. The van der Waals surface area contributed by atoms with Gasteiger partial charge in [-0.15, -0.1) is 0 Å². The summed E-state index contributed by atoms with van der Waals surface area (Å²) in [6.07, 6.45) is 0. The molecule has 0 aromatic heterocycles. The maximum atomic E-state index is 12.4. The number of nitrogens with zero attached hydrogens (tertiary/aromatic N) is 1. The monoisotopic (exact) mass is 291 g/mol. The maximum absolute atomic E-state index is 12.4. The van der Waals surface area contributed by atoms with Crippen molar-refractivity contribution in [1.29, 1.82) is 0 Å². The fourth-order valence-corrected chi connectivity index (χ4v) is 2.12. The van der Waals surface area contributed by atoms with E-state index in [1.165, 1.54) is 4.90 Å². The summed E-state index contributed by atoms with van der Waals surface area (Å²) in [5.41, 5.74) is 1.71. The molecule has 0 spiro atoms. The highest BCUT2D eigenvalue weighted by Gasteiger charge is 2.20. The fourth-order valence-electron chi connectivity index (χ4n) is 2.12. The molecule has 0 aliphatic heterocycles. The van der Waals surface area contributed by atoms with Gasteiger partial charge < -0.3 is 10.0 Å². The quantitative estimate of drug-likeness (QED) is 0.906. The Morgan fingerprint density at radius 3 is 2.05 bits per heavy atom. The SMILES string of the molecule is CC(C)CN(CC(=O)O)C(=O)c1ccc(C(C)(C)C)cc1. The largest absolute Gasteiger partial charge is 0.480 e. The van der Waals surface area contributed by atoms with Crippen LogP contribution in [0.5, 0.6) is 0 Å². The minimum absolute atomic E-state index is 0.0280. The second-order valence-corrected chi connectivity index (χ2v) is 6.80. The Labute approximate surface area is 126 Å². The normalized spacial score (nSPS) is 11.5. The summed E-state index contributed by atoms with van der Waals surface area (Å²) in [4.78, 5) is 24.7. The molecule has 0 fully saturated rings. The highest BCUT2D eigenvalue weighted by atomic mass is 16.4. The molecule has 1 amide bonds. The third-order valence-corrected chi connectivity index (χ3v) is 3.20.